The number of amides is 1. The third kappa shape index (κ3) is 2.51. The fourth-order valence-corrected chi connectivity index (χ4v) is 4.70. The quantitative estimate of drug-likeness (QED) is 0.841. The third-order valence-electron chi connectivity index (χ3n) is 6.20. The highest BCUT2D eigenvalue weighted by Crippen LogP contribution is 2.57. The minimum Gasteiger partial charge on any atom is -0.338 e. The van der Waals surface area contributed by atoms with Crippen molar-refractivity contribution in [1.82, 2.24) is 15.1 Å². The molecule has 27 heavy (non-hydrogen) atoms. The monoisotopic (exact) mass is 371 g/mol. The molecule has 5 rings (SSSR count). The number of hydrogen-bond donors (Lipinski definition) is 1. The van der Waals surface area contributed by atoms with Gasteiger partial charge in [0.1, 0.15) is 17.8 Å². The number of aldehydes is 1. The van der Waals surface area contributed by atoms with Gasteiger partial charge in [0.2, 0.25) is 0 Å². The van der Waals surface area contributed by atoms with Gasteiger partial charge in [-0.2, -0.15) is 5.10 Å². The van der Waals surface area contributed by atoms with Crippen molar-refractivity contribution >= 4 is 12.2 Å². The first-order chi connectivity index (χ1) is 13.0. The van der Waals surface area contributed by atoms with E-state index in [-0.39, 0.29) is 23.2 Å². The van der Waals surface area contributed by atoms with E-state index in [4.69, 9.17) is 0 Å². The fourth-order valence-electron chi connectivity index (χ4n) is 4.70. The number of rotatable bonds is 4. The highest BCUT2D eigenvalue weighted by atomic mass is 19.1. The molecule has 5 nitrogen and oxygen atoms in total. The normalized spacial score (nSPS) is 24.4. The summed E-state index contributed by atoms with van der Waals surface area (Å²) < 4.78 is 29.1. The predicted octanol–water partition coefficient (Wildman–Crippen LogP) is 3.05. The van der Waals surface area contributed by atoms with Gasteiger partial charge in [-0.15, -0.1) is 0 Å². The summed E-state index contributed by atoms with van der Waals surface area (Å²) in [4.78, 5) is 24.5. The van der Waals surface area contributed by atoms with Crippen molar-refractivity contribution in [3.8, 4) is 5.69 Å². The second-order valence-electron chi connectivity index (χ2n) is 7.96. The van der Waals surface area contributed by atoms with Gasteiger partial charge in [0.05, 0.1) is 11.2 Å². The highest BCUT2D eigenvalue weighted by molar-refractivity contribution is 5.96. The smallest absolute Gasteiger partial charge is 0.272 e. The average molecular weight is 371 g/mol. The molecule has 3 aliphatic carbocycles. The van der Waals surface area contributed by atoms with E-state index in [2.05, 4.69) is 10.4 Å². The average Bonchev–Trinajstić information content (AvgIpc) is 3.00. The lowest BCUT2D eigenvalue weighted by Gasteiger charge is -2.23. The van der Waals surface area contributed by atoms with Crippen molar-refractivity contribution in [2.75, 3.05) is 0 Å². The van der Waals surface area contributed by atoms with E-state index in [0.717, 1.165) is 49.3 Å². The number of fused-ring (bicyclic) bond motifs is 3. The minimum absolute atomic E-state index is 0.144. The Labute approximate surface area is 154 Å². The van der Waals surface area contributed by atoms with Crippen molar-refractivity contribution in [1.29, 1.82) is 0 Å². The molecule has 1 aromatic carbocycles. The van der Waals surface area contributed by atoms with E-state index in [1.165, 1.54) is 16.8 Å². The minimum atomic E-state index is -0.823. The Bertz CT molecular complexity index is 962. The molecular weight excluding hydrogens is 352 g/mol. The summed E-state index contributed by atoms with van der Waals surface area (Å²) in [5.74, 6) is -1.02. The first kappa shape index (κ1) is 16.6. The second-order valence-corrected chi connectivity index (χ2v) is 7.96. The van der Waals surface area contributed by atoms with Crippen LogP contribution >= 0.6 is 0 Å². The first-order valence-electron chi connectivity index (χ1n) is 9.37. The molecule has 0 saturated heterocycles. The van der Waals surface area contributed by atoms with Gasteiger partial charge in [0.15, 0.2) is 11.5 Å². The molecule has 0 aliphatic heterocycles. The molecule has 1 aromatic heterocycles. The van der Waals surface area contributed by atoms with Gasteiger partial charge < -0.3 is 10.1 Å². The predicted molar refractivity (Wildman–Crippen MR) is 92.8 cm³/mol. The van der Waals surface area contributed by atoms with Crippen LogP contribution < -0.4 is 5.32 Å². The van der Waals surface area contributed by atoms with Crippen LogP contribution in [0.5, 0.6) is 0 Å². The fraction of sp³-hybridized carbons (Fsp3) is 0.450. The molecule has 2 fully saturated rings. The Balaban J connectivity index is 1.56. The first-order valence-corrected chi connectivity index (χ1v) is 9.37. The van der Waals surface area contributed by atoms with Crippen molar-refractivity contribution < 1.29 is 18.4 Å². The third-order valence-corrected chi connectivity index (χ3v) is 6.20. The highest BCUT2D eigenvalue weighted by Gasteiger charge is 2.50. The van der Waals surface area contributed by atoms with Crippen LogP contribution in [0.25, 0.3) is 5.69 Å². The number of hydrogen-bond acceptors (Lipinski definition) is 3. The summed E-state index contributed by atoms with van der Waals surface area (Å²) in [6.45, 7) is 0. The topological polar surface area (TPSA) is 64.0 Å². The number of carbonyl (C=O) groups excluding carboxylic acids is 2. The molecule has 0 unspecified atom stereocenters. The van der Waals surface area contributed by atoms with Gasteiger partial charge >= 0.3 is 0 Å². The van der Waals surface area contributed by atoms with Gasteiger partial charge in [-0.05, 0) is 43.7 Å². The van der Waals surface area contributed by atoms with E-state index in [1.807, 2.05) is 0 Å². The molecule has 1 N–H and O–H groups in total. The van der Waals surface area contributed by atoms with E-state index < -0.39 is 17.2 Å². The lowest BCUT2D eigenvalue weighted by molar-refractivity contribution is -0.112. The molecule has 0 bridgehead atoms. The Morgan fingerprint density at radius 3 is 2.78 bits per heavy atom. The maximum absolute atomic E-state index is 14.4. The van der Waals surface area contributed by atoms with Gasteiger partial charge in [-0.25, -0.2) is 13.5 Å². The maximum atomic E-state index is 14.4. The Kier molecular flexibility index (Phi) is 3.51. The van der Waals surface area contributed by atoms with Gasteiger partial charge in [0.25, 0.3) is 5.91 Å². The molecule has 7 heteroatoms. The van der Waals surface area contributed by atoms with Crippen LogP contribution in [0, 0.1) is 17.6 Å². The second kappa shape index (κ2) is 5.71. The van der Waals surface area contributed by atoms with Crippen LogP contribution in [0.1, 0.15) is 59.8 Å². The lowest BCUT2D eigenvalue weighted by Crippen LogP contribution is -2.48. The Morgan fingerprint density at radius 1 is 1.30 bits per heavy atom. The number of nitrogens with one attached hydrogen (secondary N) is 1. The van der Waals surface area contributed by atoms with Crippen LogP contribution in [0.4, 0.5) is 8.78 Å². The molecule has 0 spiro atoms. The van der Waals surface area contributed by atoms with Gasteiger partial charge in [-0.3, -0.25) is 4.79 Å². The number of nitrogens with zero attached hydrogens (tertiary/aromatic N) is 2. The van der Waals surface area contributed by atoms with Crippen molar-refractivity contribution in [3.05, 3.63) is 46.8 Å². The molecule has 0 radical (unpaired) electrons. The van der Waals surface area contributed by atoms with E-state index in [1.54, 1.807) is 0 Å². The van der Waals surface area contributed by atoms with E-state index >= 15 is 0 Å². The molecule has 1 heterocycles. The molecule has 2 saturated carbocycles. The number of carbonyl (C=O) groups is 2. The van der Waals surface area contributed by atoms with Crippen LogP contribution in [0.15, 0.2) is 18.2 Å². The summed E-state index contributed by atoms with van der Waals surface area (Å²) in [6.07, 6.45) is 5.62. The molecular formula is C20H19F2N3O2. The SMILES string of the molecule is O=CC1(NC(=O)c2nn(-c3ccc(F)cc3F)c3c2C[C@H]2C[C@@H]32)CCCC1. The summed E-state index contributed by atoms with van der Waals surface area (Å²) in [6, 6.07) is 3.35. The standard InChI is InChI=1S/C20H19F2N3O2/c21-12-3-4-16(15(22)9-12)25-18-13-7-11(13)8-14(18)17(24-25)19(27)23-20(10-26)5-1-2-6-20/h3-4,9-11,13H,1-2,5-8H2,(H,23,27)/t11-,13-/m1/s1. The zero-order valence-corrected chi connectivity index (χ0v) is 14.7. The summed E-state index contributed by atoms with van der Waals surface area (Å²) in [5.41, 5.74) is 1.26. The molecule has 2 aromatic rings. The summed E-state index contributed by atoms with van der Waals surface area (Å²) >= 11 is 0. The Hall–Kier alpha value is -2.57. The van der Waals surface area contributed by atoms with Crippen molar-refractivity contribution in [3.63, 3.8) is 0 Å². The number of benzene rings is 1. The van der Waals surface area contributed by atoms with Crippen LogP contribution in [0.2, 0.25) is 0 Å². The largest absolute Gasteiger partial charge is 0.338 e. The Morgan fingerprint density at radius 2 is 2.07 bits per heavy atom. The van der Waals surface area contributed by atoms with Gasteiger partial charge in [0, 0.05) is 17.5 Å². The molecule has 3 aliphatic rings. The summed E-state index contributed by atoms with van der Waals surface area (Å²) in [5, 5.41) is 7.27. The van der Waals surface area contributed by atoms with Crippen LogP contribution in [-0.4, -0.2) is 27.5 Å². The van der Waals surface area contributed by atoms with Gasteiger partial charge in [-0.1, -0.05) is 12.8 Å². The zero-order chi connectivity index (χ0) is 18.8. The number of aromatic nitrogens is 2. The maximum Gasteiger partial charge on any atom is 0.272 e. The van der Waals surface area contributed by atoms with E-state index in [9.17, 15) is 18.4 Å². The zero-order valence-electron chi connectivity index (χ0n) is 14.7. The lowest BCUT2D eigenvalue weighted by atomic mass is 9.99. The van der Waals surface area contributed by atoms with Crippen molar-refractivity contribution in [2.24, 2.45) is 5.92 Å². The summed E-state index contributed by atoms with van der Waals surface area (Å²) in [7, 11) is 0. The van der Waals surface area contributed by atoms with Crippen LogP contribution in [0.3, 0.4) is 0 Å². The van der Waals surface area contributed by atoms with Crippen molar-refractivity contribution in [2.45, 2.75) is 50.0 Å². The molecule has 1 amide bonds. The molecule has 140 valence electrons. The number of halogens is 2. The van der Waals surface area contributed by atoms with Crippen LogP contribution in [-0.2, 0) is 11.2 Å². The molecule has 2 atom stereocenters. The van der Waals surface area contributed by atoms with E-state index in [0.29, 0.717) is 18.8 Å².